The maximum absolute atomic E-state index is 12.3. The van der Waals surface area contributed by atoms with Crippen LogP contribution >= 0.6 is 0 Å². The van der Waals surface area contributed by atoms with Crippen molar-refractivity contribution in [3.63, 3.8) is 0 Å². The molecule has 2 aliphatic heterocycles. The van der Waals surface area contributed by atoms with Gasteiger partial charge >= 0.3 is 0 Å². The molecule has 1 atom stereocenters. The van der Waals surface area contributed by atoms with Crippen LogP contribution < -0.4 is 19.5 Å². The van der Waals surface area contributed by atoms with Crippen LogP contribution in [0.25, 0.3) is 6.08 Å². The fourth-order valence-corrected chi connectivity index (χ4v) is 2.80. The van der Waals surface area contributed by atoms with Crippen molar-refractivity contribution in [2.45, 2.75) is 13.0 Å². The number of hydrogen-bond acceptors (Lipinski definition) is 5. The third kappa shape index (κ3) is 3.59. The Kier molecular flexibility index (Phi) is 4.71. The van der Waals surface area contributed by atoms with E-state index in [1.54, 1.807) is 19.3 Å². The van der Waals surface area contributed by atoms with Gasteiger partial charge in [-0.25, -0.2) is 0 Å². The number of ether oxygens (including phenoxy) is 3. The van der Waals surface area contributed by atoms with Crippen LogP contribution in [0.2, 0.25) is 0 Å². The van der Waals surface area contributed by atoms with Gasteiger partial charge in [-0.05, 0) is 30.7 Å². The predicted molar refractivity (Wildman–Crippen MR) is 87.1 cm³/mol. The van der Waals surface area contributed by atoms with E-state index < -0.39 is 0 Å². The summed E-state index contributed by atoms with van der Waals surface area (Å²) in [5.41, 5.74) is 0.850. The molecule has 23 heavy (non-hydrogen) atoms. The minimum Gasteiger partial charge on any atom is -0.493 e. The van der Waals surface area contributed by atoms with E-state index in [2.05, 4.69) is 12.2 Å². The lowest BCUT2D eigenvalue weighted by Gasteiger charge is -2.31. The van der Waals surface area contributed by atoms with Gasteiger partial charge in [0.15, 0.2) is 11.5 Å². The maximum Gasteiger partial charge on any atom is 0.246 e. The van der Waals surface area contributed by atoms with Crippen LogP contribution in [-0.4, -0.2) is 56.8 Å². The molecule has 0 aliphatic carbocycles. The molecule has 6 heteroatoms. The summed E-state index contributed by atoms with van der Waals surface area (Å²) in [6.45, 7) is 5.40. The summed E-state index contributed by atoms with van der Waals surface area (Å²) in [5.74, 6) is 1.91. The molecule has 0 bridgehead atoms. The molecule has 124 valence electrons. The number of fused-ring (bicyclic) bond motifs is 1. The van der Waals surface area contributed by atoms with E-state index in [1.165, 1.54) is 0 Å². The number of piperazine rings is 1. The Labute approximate surface area is 136 Å². The van der Waals surface area contributed by atoms with Gasteiger partial charge in [-0.1, -0.05) is 0 Å². The van der Waals surface area contributed by atoms with E-state index in [0.717, 1.165) is 25.2 Å². The highest BCUT2D eigenvalue weighted by atomic mass is 16.6. The van der Waals surface area contributed by atoms with E-state index in [0.29, 0.717) is 36.5 Å². The van der Waals surface area contributed by atoms with Crippen molar-refractivity contribution >= 4 is 12.0 Å². The fourth-order valence-electron chi connectivity index (χ4n) is 2.80. The molecule has 3 rings (SSSR count). The minimum absolute atomic E-state index is 0.0206. The van der Waals surface area contributed by atoms with Crippen LogP contribution in [0, 0.1) is 0 Å². The molecule has 0 radical (unpaired) electrons. The number of carbonyl (C=O) groups is 1. The molecule has 1 saturated heterocycles. The largest absolute Gasteiger partial charge is 0.493 e. The molecule has 2 heterocycles. The average molecular weight is 318 g/mol. The SMILES string of the molecule is COc1cc(/C=C/C(=O)N2CCNC(C)C2)cc2c1OCCO2. The van der Waals surface area contributed by atoms with Crippen LogP contribution in [0.15, 0.2) is 18.2 Å². The maximum atomic E-state index is 12.3. The molecule has 1 aromatic rings. The number of nitrogens with zero attached hydrogens (tertiary/aromatic N) is 1. The zero-order valence-electron chi connectivity index (χ0n) is 13.5. The van der Waals surface area contributed by atoms with Crippen LogP contribution in [0.3, 0.4) is 0 Å². The Morgan fingerprint density at radius 3 is 3.00 bits per heavy atom. The molecule has 1 N–H and O–H groups in total. The molecule has 1 fully saturated rings. The average Bonchev–Trinajstić information content (AvgIpc) is 2.58. The lowest BCUT2D eigenvalue weighted by molar-refractivity contribution is -0.127. The third-order valence-corrected chi connectivity index (χ3v) is 3.95. The van der Waals surface area contributed by atoms with Gasteiger partial charge in [0.25, 0.3) is 0 Å². The van der Waals surface area contributed by atoms with Crippen molar-refractivity contribution in [3.8, 4) is 17.2 Å². The van der Waals surface area contributed by atoms with Gasteiger partial charge in [-0.3, -0.25) is 4.79 Å². The molecule has 6 nitrogen and oxygen atoms in total. The quantitative estimate of drug-likeness (QED) is 0.851. The van der Waals surface area contributed by atoms with Gasteiger partial charge in [-0.2, -0.15) is 0 Å². The number of methoxy groups -OCH3 is 1. The van der Waals surface area contributed by atoms with Crippen molar-refractivity contribution in [1.29, 1.82) is 0 Å². The molecule has 0 saturated carbocycles. The Balaban J connectivity index is 1.75. The Morgan fingerprint density at radius 1 is 1.39 bits per heavy atom. The Hall–Kier alpha value is -2.21. The molecule has 1 amide bonds. The second-order valence-corrected chi connectivity index (χ2v) is 5.72. The first-order chi connectivity index (χ1) is 11.2. The Morgan fingerprint density at radius 2 is 2.22 bits per heavy atom. The first-order valence-corrected chi connectivity index (χ1v) is 7.85. The van der Waals surface area contributed by atoms with Gasteiger partial charge in [0.2, 0.25) is 11.7 Å². The molecule has 1 aromatic carbocycles. The van der Waals surface area contributed by atoms with Gasteiger partial charge in [0.05, 0.1) is 7.11 Å². The van der Waals surface area contributed by atoms with E-state index in [4.69, 9.17) is 14.2 Å². The number of benzene rings is 1. The summed E-state index contributed by atoms with van der Waals surface area (Å²) in [5, 5.41) is 3.32. The lowest BCUT2D eigenvalue weighted by atomic mass is 10.1. The molecule has 2 aliphatic rings. The summed E-state index contributed by atoms with van der Waals surface area (Å²) in [6, 6.07) is 4.04. The van der Waals surface area contributed by atoms with E-state index in [9.17, 15) is 4.79 Å². The number of rotatable bonds is 3. The van der Waals surface area contributed by atoms with Crippen molar-refractivity contribution in [2.75, 3.05) is 40.0 Å². The van der Waals surface area contributed by atoms with Crippen LogP contribution in [0.4, 0.5) is 0 Å². The normalized spacial score (nSPS) is 20.6. The topological polar surface area (TPSA) is 60.0 Å². The van der Waals surface area contributed by atoms with Crippen molar-refractivity contribution in [2.24, 2.45) is 0 Å². The van der Waals surface area contributed by atoms with Gasteiger partial charge < -0.3 is 24.4 Å². The fraction of sp³-hybridized carbons (Fsp3) is 0.471. The number of carbonyl (C=O) groups excluding carboxylic acids is 1. The summed E-state index contributed by atoms with van der Waals surface area (Å²) in [6.07, 6.45) is 3.39. The first-order valence-electron chi connectivity index (χ1n) is 7.85. The number of hydrogen-bond donors (Lipinski definition) is 1. The van der Waals surface area contributed by atoms with Crippen molar-refractivity contribution in [1.82, 2.24) is 10.2 Å². The highest BCUT2D eigenvalue weighted by Gasteiger charge is 2.20. The highest BCUT2D eigenvalue weighted by molar-refractivity contribution is 5.92. The lowest BCUT2D eigenvalue weighted by Crippen LogP contribution is -2.50. The molecule has 0 aromatic heterocycles. The first kappa shape index (κ1) is 15.7. The second kappa shape index (κ2) is 6.91. The van der Waals surface area contributed by atoms with Crippen molar-refractivity contribution < 1.29 is 19.0 Å². The van der Waals surface area contributed by atoms with E-state index in [1.807, 2.05) is 17.0 Å². The van der Waals surface area contributed by atoms with Gasteiger partial charge in [-0.15, -0.1) is 0 Å². The van der Waals surface area contributed by atoms with E-state index >= 15 is 0 Å². The second-order valence-electron chi connectivity index (χ2n) is 5.72. The standard InChI is InChI=1S/C17H22N2O4/c1-12-11-19(6-5-18-12)16(20)4-3-13-9-14(21-2)17-15(10-13)22-7-8-23-17/h3-4,9-10,12,18H,5-8,11H2,1-2H3/b4-3+. The number of amides is 1. The van der Waals surface area contributed by atoms with Crippen LogP contribution in [-0.2, 0) is 4.79 Å². The van der Waals surface area contributed by atoms with Crippen LogP contribution in [0.5, 0.6) is 17.2 Å². The predicted octanol–water partition coefficient (Wildman–Crippen LogP) is 1.30. The van der Waals surface area contributed by atoms with Gasteiger partial charge in [0.1, 0.15) is 13.2 Å². The zero-order chi connectivity index (χ0) is 16.2. The smallest absolute Gasteiger partial charge is 0.246 e. The zero-order valence-corrected chi connectivity index (χ0v) is 13.5. The van der Waals surface area contributed by atoms with E-state index in [-0.39, 0.29) is 5.91 Å². The van der Waals surface area contributed by atoms with Gasteiger partial charge in [0, 0.05) is 31.8 Å². The Bertz CT molecular complexity index is 598. The summed E-state index contributed by atoms with van der Waals surface area (Å²) in [7, 11) is 1.59. The number of nitrogens with one attached hydrogen (secondary N) is 1. The molecule has 0 spiro atoms. The summed E-state index contributed by atoms with van der Waals surface area (Å²) in [4.78, 5) is 14.1. The monoisotopic (exact) mass is 318 g/mol. The van der Waals surface area contributed by atoms with Crippen molar-refractivity contribution in [3.05, 3.63) is 23.8 Å². The third-order valence-electron chi connectivity index (χ3n) is 3.95. The highest BCUT2D eigenvalue weighted by Crippen LogP contribution is 2.40. The molecular weight excluding hydrogens is 296 g/mol. The molecule has 1 unspecified atom stereocenters. The summed E-state index contributed by atoms with van der Waals surface area (Å²) >= 11 is 0. The minimum atomic E-state index is 0.0206. The summed E-state index contributed by atoms with van der Waals surface area (Å²) < 4.78 is 16.5. The van der Waals surface area contributed by atoms with Crippen LogP contribution in [0.1, 0.15) is 12.5 Å². The molecular formula is C17H22N2O4.